The van der Waals surface area contributed by atoms with Gasteiger partial charge in [0, 0.05) is 57.8 Å². The van der Waals surface area contributed by atoms with Crippen molar-refractivity contribution in [3.63, 3.8) is 0 Å². The highest BCUT2D eigenvalue weighted by atomic mass is 16.2. The number of rotatable bonds is 1. The molecule has 3 amide bonds. The third-order valence-corrected chi connectivity index (χ3v) is 6.03. The van der Waals surface area contributed by atoms with Gasteiger partial charge in [-0.05, 0) is 39.7 Å². The third kappa shape index (κ3) is 3.18. The summed E-state index contributed by atoms with van der Waals surface area (Å²) in [6.07, 6.45) is 4.69. The monoisotopic (exact) mass is 322 g/mol. The van der Waals surface area contributed by atoms with E-state index >= 15 is 0 Å². The van der Waals surface area contributed by atoms with E-state index < -0.39 is 0 Å². The van der Waals surface area contributed by atoms with E-state index in [0.717, 1.165) is 71.5 Å². The topological polar surface area (TPSA) is 47.1 Å². The summed E-state index contributed by atoms with van der Waals surface area (Å²) in [6.45, 7) is 7.92. The summed E-state index contributed by atoms with van der Waals surface area (Å²) < 4.78 is 0. The molecule has 0 aliphatic carbocycles. The number of amides is 3. The van der Waals surface area contributed by atoms with Crippen molar-refractivity contribution in [2.75, 3.05) is 52.9 Å². The van der Waals surface area contributed by atoms with Crippen LogP contribution in [0.4, 0.5) is 4.79 Å². The zero-order valence-electron chi connectivity index (χ0n) is 14.6. The number of nitrogens with zero attached hydrogens (tertiary/aromatic N) is 4. The van der Waals surface area contributed by atoms with Crippen molar-refractivity contribution in [1.29, 1.82) is 0 Å². The molecule has 6 heteroatoms. The SMILES string of the molecule is CCN1CCC2(CCC1=O)CN(C(=O)N1CCCC1)CCN2C. The van der Waals surface area contributed by atoms with E-state index in [2.05, 4.69) is 11.9 Å². The molecule has 0 N–H and O–H groups in total. The fraction of sp³-hybridized carbons (Fsp3) is 0.882. The van der Waals surface area contributed by atoms with Crippen molar-refractivity contribution in [2.24, 2.45) is 0 Å². The van der Waals surface area contributed by atoms with Crippen LogP contribution in [0.1, 0.15) is 39.0 Å². The minimum absolute atomic E-state index is 0.0345. The highest BCUT2D eigenvalue weighted by Crippen LogP contribution is 2.32. The molecule has 3 heterocycles. The van der Waals surface area contributed by atoms with Crippen molar-refractivity contribution in [2.45, 2.75) is 44.6 Å². The number of carbonyl (C=O) groups is 2. The van der Waals surface area contributed by atoms with Gasteiger partial charge in [-0.2, -0.15) is 0 Å². The second-order valence-electron chi connectivity index (χ2n) is 7.27. The van der Waals surface area contributed by atoms with E-state index in [4.69, 9.17) is 0 Å². The molecule has 0 aromatic heterocycles. The third-order valence-electron chi connectivity index (χ3n) is 6.03. The van der Waals surface area contributed by atoms with Crippen LogP contribution < -0.4 is 0 Å². The predicted molar refractivity (Wildman–Crippen MR) is 89.2 cm³/mol. The van der Waals surface area contributed by atoms with Crippen LogP contribution in [0.25, 0.3) is 0 Å². The Kier molecular flexibility index (Phi) is 4.80. The number of hydrogen-bond acceptors (Lipinski definition) is 3. The molecule has 0 radical (unpaired) electrons. The average molecular weight is 322 g/mol. The maximum Gasteiger partial charge on any atom is 0.320 e. The second kappa shape index (κ2) is 6.67. The smallest absolute Gasteiger partial charge is 0.320 e. The Labute approximate surface area is 139 Å². The summed E-state index contributed by atoms with van der Waals surface area (Å²) in [7, 11) is 2.16. The number of hydrogen-bond donors (Lipinski definition) is 0. The van der Waals surface area contributed by atoms with Gasteiger partial charge in [-0.15, -0.1) is 0 Å². The van der Waals surface area contributed by atoms with E-state index in [0.29, 0.717) is 6.42 Å². The number of likely N-dealkylation sites (tertiary alicyclic amines) is 2. The van der Waals surface area contributed by atoms with Crippen LogP contribution in [0.5, 0.6) is 0 Å². The quantitative estimate of drug-likeness (QED) is 0.729. The zero-order valence-corrected chi connectivity index (χ0v) is 14.6. The largest absolute Gasteiger partial charge is 0.343 e. The summed E-state index contributed by atoms with van der Waals surface area (Å²) in [4.78, 5) is 33.4. The highest BCUT2D eigenvalue weighted by molar-refractivity contribution is 5.77. The van der Waals surface area contributed by atoms with Gasteiger partial charge in [0.1, 0.15) is 0 Å². The summed E-state index contributed by atoms with van der Waals surface area (Å²) in [6, 6.07) is 0.206. The molecule has 0 aromatic rings. The molecular weight excluding hydrogens is 292 g/mol. The summed E-state index contributed by atoms with van der Waals surface area (Å²) >= 11 is 0. The number of likely N-dealkylation sites (N-methyl/N-ethyl adjacent to an activating group) is 1. The highest BCUT2D eigenvalue weighted by Gasteiger charge is 2.43. The summed E-state index contributed by atoms with van der Waals surface area (Å²) in [5.74, 6) is 0.265. The molecule has 1 atom stereocenters. The molecule has 0 aromatic carbocycles. The van der Waals surface area contributed by atoms with E-state index in [1.165, 1.54) is 0 Å². The van der Waals surface area contributed by atoms with Crippen LogP contribution in [0.3, 0.4) is 0 Å². The zero-order chi connectivity index (χ0) is 16.4. The lowest BCUT2D eigenvalue weighted by atomic mass is 9.86. The van der Waals surface area contributed by atoms with E-state index in [1.807, 2.05) is 21.6 Å². The molecule has 0 bridgehead atoms. The van der Waals surface area contributed by atoms with Gasteiger partial charge in [-0.1, -0.05) is 0 Å². The van der Waals surface area contributed by atoms with Crippen LogP contribution in [-0.4, -0.2) is 89.9 Å². The van der Waals surface area contributed by atoms with E-state index in [9.17, 15) is 9.59 Å². The Bertz CT molecular complexity index is 464. The first-order chi connectivity index (χ1) is 11.1. The van der Waals surface area contributed by atoms with Crippen molar-refractivity contribution in [1.82, 2.24) is 19.6 Å². The van der Waals surface area contributed by atoms with Crippen LogP contribution in [0.2, 0.25) is 0 Å². The first kappa shape index (κ1) is 16.6. The Hall–Kier alpha value is -1.30. The Morgan fingerprint density at radius 3 is 2.48 bits per heavy atom. The molecule has 3 saturated heterocycles. The van der Waals surface area contributed by atoms with E-state index in [-0.39, 0.29) is 17.5 Å². The molecule has 1 spiro atoms. The molecule has 0 saturated carbocycles. The molecule has 3 aliphatic heterocycles. The maximum atomic E-state index is 12.8. The molecule has 6 nitrogen and oxygen atoms in total. The lowest BCUT2D eigenvalue weighted by Gasteiger charge is -2.49. The lowest BCUT2D eigenvalue weighted by molar-refractivity contribution is -0.130. The maximum absolute atomic E-state index is 12.8. The predicted octanol–water partition coefficient (Wildman–Crippen LogP) is 1.22. The lowest BCUT2D eigenvalue weighted by Crippen LogP contribution is -2.63. The summed E-state index contributed by atoms with van der Waals surface area (Å²) in [5, 5.41) is 0. The Balaban J connectivity index is 1.72. The van der Waals surface area contributed by atoms with Gasteiger partial charge < -0.3 is 14.7 Å². The first-order valence-corrected chi connectivity index (χ1v) is 9.08. The number of piperazine rings is 1. The van der Waals surface area contributed by atoms with Crippen molar-refractivity contribution in [3.05, 3.63) is 0 Å². The Morgan fingerprint density at radius 2 is 1.78 bits per heavy atom. The van der Waals surface area contributed by atoms with Gasteiger partial charge >= 0.3 is 6.03 Å². The minimum atomic E-state index is -0.0345. The van der Waals surface area contributed by atoms with Gasteiger partial charge in [-0.3, -0.25) is 9.69 Å². The number of carbonyl (C=O) groups excluding carboxylic acids is 2. The number of urea groups is 1. The first-order valence-electron chi connectivity index (χ1n) is 9.08. The van der Waals surface area contributed by atoms with Crippen LogP contribution >= 0.6 is 0 Å². The van der Waals surface area contributed by atoms with Gasteiger partial charge in [0.2, 0.25) is 5.91 Å². The van der Waals surface area contributed by atoms with E-state index in [1.54, 1.807) is 0 Å². The summed E-state index contributed by atoms with van der Waals surface area (Å²) in [5.41, 5.74) is -0.0345. The molecule has 3 fully saturated rings. The van der Waals surface area contributed by atoms with Crippen LogP contribution in [0, 0.1) is 0 Å². The molecule has 130 valence electrons. The normalized spacial score (nSPS) is 30.2. The minimum Gasteiger partial charge on any atom is -0.343 e. The molecular formula is C17H30N4O2. The van der Waals surface area contributed by atoms with Crippen LogP contribution in [-0.2, 0) is 4.79 Å². The molecule has 3 rings (SSSR count). The van der Waals surface area contributed by atoms with Gasteiger partial charge in [0.25, 0.3) is 0 Å². The van der Waals surface area contributed by atoms with Crippen molar-refractivity contribution in [3.8, 4) is 0 Å². The molecule has 1 unspecified atom stereocenters. The molecule has 23 heavy (non-hydrogen) atoms. The van der Waals surface area contributed by atoms with Gasteiger partial charge in [-0.25, -0.2) is 4.79 Å². The fourth-order valence-corrected chi connectivity index (χ4v) is 4.30. The Morgan fingerprint density at radius 1 is 1.04 bits per heavy atom. The second-order valence-corrected chi connectivity index (χ2v) is 7.27. The average Bonchev–Trinajstić information content (AvgIpc) is 3.04. The van der Waals surface area contributed by atoms with Crippen molar-refractivity contribution < 1.29 is 9.59 Å². The standard InChI is InChI=1S/C17H30N4O2/c1-3-19-11-8-17(7-6-15(19)22)14-21(13-12-18(17)2)16(23)20-9-4-5-10-20/h3-14H2,1-2H3. The van der Waals surface area contributed by atoms with Crippen LogP contribution in [0.15, 0.2) is 0 Å². The van der Waals surface area contributed by atoms with Crippen molar-refractivity contribution >= 4 is 11.9 Å². The molecule has 3 aliphatic rings. The van der Waals surface area contributed by atoms with Gasteiger partial charge in [0.05, 0.1) is 0 Å². The van der Waals surface area contributed by atoms with Gasteiger partial charge in [0.15, 0.2) is 0 Å². The fourth-order valence-electron chi connectivity index (χ4n) is 4.30.